The fraction of sp³-hybridized carbons (Fsp3) is 0.848. The Morgan fingerprint density at radius 1 is 0.417 bits per heavy atom. The van der Waals surface area contributed by atoms with Gasteiger partial charge in [0.15, 0.2) is 0 Å². The number of allylic oxidation sites excluding steroid dienone is 4. The van der Waals surface area contributed by atoms with E-state index in [1.807, 2.05) is 0 Å². The molecule has 0 spiro atoms. The van der Waals surface area contributed by atoms with Crippen molar-refractivity contribution in [3.8, 4) is 0 Å². The van der Waals surface area contributed by atoms with Crippen LogP contribution in [0.5, 0.6) is 0 Å². The van der Waals surface area contributed by atoms with E-state index in [9.17, 15) is 4.79 Å². The molecule has 0 aliphatic rings. The van der Waals surface area contributed by atoms with Crippen LogP contribution in [0.3, 0.4) is 0 Å². The van der Waals surface area contributed by atoms with Crippen molar-refractivity contribution in [3.63, 3.8) is 0 Å². The lowest BCUT2D eigenvalue weighted by Crippen LogP contribution is -2.09. The average Bonchev–Trinajstić information content (AvgIpc) is 2.88. The molecule has 0 fully saturated rings. The number of unbranched alkanes of at least 4 members (excludes halogenated alkanes) is 20. The fourth-order valence-electron chi connectivity index (χ4n) is 4.34. The van der Waals surface area contributed by atoms with Gasteiger partial charge in [0, 0.05) is 0 Å². The second-order valence-electron chi connectivity index (χ2n) is 10.4. The van der Waals surface area contributed by atoms with Crippen LogP contribution in [0, 0.1) is 0 Å². The van der Waals surface area contributed by atoms with Gasteiger partial charge in [-0.05, 0) is 64.2 Å². The van der Waals surface area contributed by atoms with Gasteiger partial charge in [0.05, 0.1) is 13.2 Å². The van der Waals surface area contributed by atoms with Gasteiger partial charge < -0.3 is 9.47 Å². The molecule has 0 bridgehead atoms. The summed E-state index contributed by atoms with van der Waals surface area (Å²) < 4.78 is 10.4. The van der Waals surface area contributed by atoms with E-state index in [1.54, 1.807) is 0 Å². The number of carbonyl (C=O) groups is 1. The third-order valence-corrected chi connectivity index (χ3v) is 6.75. The molecule has 212 valence electrons. The molecular formula is C33H62O3. The first-order valence-electron chi connectivity index (χ1n) is 15.9. The highest BCUT2D eigenvalue weighted by molar-refractivity contribution is 5.59. The Morgan fingerprint density at radius 2 is 0.694 bits per heavy atom. The highest BCUT2D eigenvalue weighted by Gasteiger charge is 2.03. The lowest BCUT2D eigenvalue weighted by molar-refractivity contribution is 0.0529. The molecule has 0 aliphatic heterocycles. The normalized spacial score (nSPS) is 11.6. The molecule has 0 rings (SSSR count). The van der Waals surface area contributed by atoms with Gasteiger partial charge in [0.2, 0.25) is 0 Å². The van der Waals surface area contributed by atoms with Crippen LogP contribution in [0.2, 0.25) is 0 Å². The average molecular weight is 507 g/mol. The molecule has 0 heterocycles. The van der Waals surface area contributed by atoms with Crippen molar-refractivity contribution in [2.45, 2.75) is 168 Å². The predicted molar refractivity (Wildman–Crippen MR) is 158 cm³/mol. The minimum Gasteiger partial charge on any atom is -0.434 e. The molecule has 0 aliphatic carbocycles. The van der Waals surface area contributed by atoms with E-state index in [2.05, 4.69) is 38.2 Å². The standard InChI is InChI=1S/C33H62O3/c1-3-5-7-9-11-13-15-17-19-21-23-25-27-29-31-35-33(34)36-32-30-28-26-24-22-20-18-16-14-12-10-8-6-4-2/h13-16H,3-12,17-32H2,1-2H3. The zero-order chi connectivity index (χ0) is 26.2. The van der Waals surface area contributed by atoms with Gasteiger partial charge >= 0.3 is 6.16 Å². The quantitative estimate of drug-likeness (QED) is 0.0601. The zero-order valence-corrected chi connectivity index (χ0v) is 24.4. The van der Waals surface area contributed by atoms with Crippen molar-refractivity contribution in [2.75, 3.05) is 13.2 Å². The van der Waals surface area contributed by atoms with E-state index in [0.717, 1.165) is 25.7 Å². The summed E-state index contributed by atoms with van der Waals surface area (Å²) in [7, 11) is 0. The van der Waals surface area contributed by atoms with Crippen molar-refractivity contribution < 1.29 is 14.3 Å². The first-order valence-corrected chi connectivity index (χ1v) is 15.9. The molecule has 3 nitrogen and oxygen atoms in total. The summed E-state index contributed by atoms with van der Waals surface area (Å²) in [4.78, 5) is 11.7. The Kier molecular flexibility index (Phi) is 30.7. The highest BCUT2D eigenvalue weighted by atomic mass is 16.7. The molecule has 0 saturated heterocycles. The minimum absolute atomic E-state index is 0.488. The fourth-order valence-corrected chi connectivity index (χ4v) is 4.34. The maximum atomic E-state index is 11.7. The Morgan fingerprint density at radius 3 is 1.03 bits per heavy atom. The molecule has 0 radical (unpaired) electrons. The van der Waals surface area contributed by atoms with Gasteiger partial charge in [0.25, 0.3) is 0 Å². The largest absolute Gasteiger partial charge is 0.508 e. The lowest BCUT2D eigenvalue weighted by atomic mass is 10.1. The van der Waals surface area contributed by atoms with E-state index in [1.165, 1.54) is 128 Å². The summed E-state index contributed by atoms with van der Waals surface area (Å²) in [5.41, 5.74) is 0. The van der Waals surface area contributed by atoms with Crippen LogP contribution < -0.4 is 0 Å². The first-order chi connectivity index (χ1) is 17.8. The third kappa shape index (κ3) is 30.8. The number of ether oxygens (including phenoxy) is 2. The molecule has 0 unspecified atom stereocenters. The Balaban J connectivity index is 3.22. The molecule has 0 aromatic carbocycles. The van der Waals surface area contributed by atoms with Crippen molar-refractivity contribution in [1.29, 1.82) is 0 Å². The molecule has 0 aromatic rings. The van der Waals surface area contributed by atoms with Gasteiger partial charge in [0.1, 0.15) is 0 Å². The van der Waals surface area contributed by atoms with E-state index in [-0.39, 0.29) is 0 Å². The molecule has 0 amide bonds. The summed E-state index contributed by atoms with van der Waals surface area (Å²) in [6.45, 7) is 5.51. The monoisotopic (exact) mass is 506 g/mol. The molecule has 0 atom stereocenters. The van der Waals surface area contributed by atoms with Crippen LogP contribution in [0.15, 0.2) is 24.3 Å². The molecule has 0 N–H and O–H groups in total. The van der Waals surface area contributed by atoms with Crippen molar-refractivity contribution >= 4 is 6.16 Å². The third-order valence-electron chi connectivity index (χ3n) is 6.75. The Labute approximate surface area is 225 Å². The van der Waals surface area contributed by atoms with E-state index in [4.69, 9.17) is 9.47 Å². The molecule has 0 saturated carbocycles. The zero-order valence-electron chi connectivity index (χ0n) is 24.4. The van der Waals surface area contributed by atoms with E-state index < -0.39 is 6.16 Å². The number of hydrogen-bond acceptors (Lipinski definition) is 3. The Bertz CT molecular complexity index is 441. The van der Waals surface area contributed by atoms with Crippen LogP contribution in [0.1, 0.15) is 168 Å². The molecule has 0 aromatic heterocycles. The summed E-state index contributed by atoms with van der Waals surface area (Å²) in [6, 6.07) is 0. The van der Waals surface area contributed by atoms with Gasteiger partial charge in [-0.2, -0.15) is 0 Å². The van der Waals surface area contributed by atoms with Crippen LogP contribution in [0.25, 0.3) is 0 Å². The van der Waals surface area contributed by atoms with E-state index in [0.29, 0.717) is 13.2 Å². The molecule has 3 heteroatoms. The van der Waals surface area contributed by atoms with Crippen molar-refractivity contribution in [2.24, 2.45) is 0 Å². The smallest absolute Gasteiger partial charge is 0.434 e. The van der Waals surface area contributed by atoms with E-state index >= 15 is 0 Å². The van der Waals surface area contributed by atoms with Crippen LogP contribution in [-0.2, 0) is 9.47 Å². The highest BCUT2D eigenvalue weighted by Crippen LogP contribution is 2.11. The Hall–Kier alpha value is -1.25. The first kappa shape index (κ1) is 34.8. The van der Waals surface area contributed by atoms with Crippen molar-refractivity contribution in [3.05, 3.63) is 24.3 Å². The summed E-state index contributed by atoms with van der Waals surface area (Å²) in [5.74, 6) is 0. The maximum Gasteiger partial charge on any atom is 0.508 e. The number of rotatable bonds is 28. The summed E-state index contributed by atoms with van der Waals surface area (Å²) in [6.07, 6.45) is 39.1. The summed E-state index contributed by atoms with van der Waals surface area (Å²) >= 11 is 0. The van der Waals surface area contributed by atoms with Crippen molar-refractivity contribution in [1.82, 2.24) is 0 Å². The molecular weight excluding hydrogens is 444 g/mol. The maximum absolute atomic E-state index is 11.7. The molecule has 36 heavy (non-hydrogen) atoms. The van der Waals surface area contributed by atoms with Gasteiger partial charge in [-0.25, -0.2) is 4.79 Å². The predicted octanol–water partition coefficient (Wildman–Crippen LogP) is 11.7. The second-order valence-corrected chi connectivity index (χ2v) is 10.4. The van der Waals surface area contributed by atoms with Crippen LogP contribution >= 0.6 is 0 Å². The SMILES string of the molecule is CCCCCCC=CCCCCCCCCOC(=O)OCCCCCCCCC=CCCCCCC. The van der Waals surface area contributed by atoms with Crippen LogP contribution in [-0.4, -0.2) is 19.4 Å². The summed E-state index contributed by atoms with van der Waals surface area (Å²) in [5, 5.41) is 0. The second kappa shape index (κ2) is 31.8. The topological polar surface area (TPSA) is 35.5 Å². The van der Waals surface area contributed by atoms with Gasteiger partial charge in [-0.3, -0.25) is 0 Å². The van der Waals surface area contributed by atoms with Crippen LogP contribution in [0.4, 0.5) is 4.79 Å². The number of carbonyl (C=O) groups excluding carboxylic acids is 1. The van der Waals surface area contributed by atoms with Gasteiger partial charge in [-0.15, -0.1) is 0 Å². The minimum atomic E-state index is -0.488. The van der Waals surface area contributed by atoms with Gasteiger partial charge in [-0.1, -0.05) is 128 Å². The lowest BCUT2D eigenvalue weighted by Gasteiger charge is -2.06. The number of hydrogen-bond donors (Lipinski definition) is 0.